The van der Waals surface area contributed by atoms with E-state index in [9.17, 15) is 18.4 Å². The van der Waals surface area contributed by atoms with Crippen molar-refractivity contribution < 1.29 is 18.4 Å². The van der Waals surface area contributed by atoms with Crippen molar-refractivity contribution in [1.82, 2.24) is 20.2 Å². The average molecular weight is 448 g/mol. The minimum atomic E-state index is -0.762. The third-order valence-corrected chi connectivity index (χ3v) is 6.62. The zero-order chi connectivity index (χ0) is 23.3. The molecule has 3 aromatic rings. The van der Waals surface area contributed by atoms with Gasteiger partial charge in [0.05, 0.1) is 34.5 Å². The number of carbonyl (C=O) groups excluding carboxylic acids is 2. The Bertz CT molecular complexity index is 1270. The molecule has 0 bridgehead atoms. The number of amides is 2. The van der Waals surface area contributed by atoms with Gasteiger partial charge in [0.2, 0.25) is 5.91 Å². The van der Waals surface area contributed by atoms with Gasteiger partial charge in [-0.2, -0.15) is 0 Å². The van der Waals surface area contributed by atoms with E-state index in [4.69, 9.17) is 0 Å². The molecule has 2 aromatic carbocycles. The van der Waals surface area contributed by atoms with E-state index in [2.05, 4.69) is 15.3 Å². The van der Waals surface area contributed by atoms with Gasteiger partial charge in [-0.05, 0) is 36.6 Å². The monoisotopic (exact) mass is 448 g/mol. The van der Waals surface area contributed by atoms with Crippen molar-refractivity contribution in [3.63, 3.8) is 0 Å². The smallest absolute Gasteiger partial charge is 0.255 e. The Morgan fingerprint density at radius 3 is 2.36 bits per heavy atom. The number of likely N-dealkylation sites (N-methyl/N-ethyl adjacent to an activating group) is 1. The van der Waals surface area contributed by atoms with E-state index >= 15 is 0 Å². The Morgan fingerprint density at radius 2 is 1.73 bits per heavy atom. The second-order valence-corrected chi connectivity index (χ2v) is 8.78. The average Bonchev–Trinajstić information content (AvgIpc) is 3.29. The number of aromatic nitrogens is 2. The maximum absolute atomic E-state index is 14.4. The lowest BCUT2D eigenvalue weighted by Crippen LogP contribution is -2.33. The fourth-order valence-corrected chi connectivity index (χ4v) is 4.63. The van der Waals surface area contributed by atoms with Gasteiger partial charge in [-0.1, -0.05) is 30.3 Å². The highest BCUT2D eigenvalue weighted by Gasteiger charge is 2.42. The lowest BCUT2D eigenvalue weighted by atomic mass is 9.80. The Hall–Kier alpha value is -3.68. The summed E-state index contributed by atoms with van der Waals surface area (Å²) in [4.78, 5) is 35.4. The second-order valence-electron chi connectivity index (χ2n) is 8.78. The number of benzene rings is 2. The van der Waals surface area contributed by atoms with Gasteiger partial charge in [-0.15, -0.1) is 0 Å². The van der Waals surface area contributed by atoms with Gasteiger partial charge in [0, 0.05) is 20.0 Å². The Kier molecular flexibility index (Phi) is 4.96. The van der Waals surface area contributed by atoms with E-state index in [0.29, 0.717) is 23.5 Å². The molecule has 1 saturated heterocycles. The van der Waals surface area contributed by atoms with Gasteiger partial charge in [0.15, 0.2) is 5.82 Å². The van der Waals surface area contributed by atoms with Crippen molar-refractivity contribution in [3.05, 3.63) is 82.2 Å². The Labute approximate surface area is 189 Å². The number of carbonyl (C=O) groups is 2. The first kappa shape index (κ1) is 21.2. The third-order valence-electron chi connectivity index (χ3n) is 6.62. The predicted octanol–water partition coefficient (Wildman–Crippen LogP) is 3.38. The van der Waals surface area contributed by atoms with Crippen molar-refractivity contribution in [1.29, 1.82) is 0 Å². The molecule has 3 heterocycles. The van der Waals surface area contributed by atoms with Crippen LogP contribution in [0.25, 0.3) is 11.4 Å². The molecule has 1 N–H and O–H groups in total. The molecule has 6 nitrogen and oxygen atoms in total. The topological polar surface area (TPSA) is 75.2 Å². The molecule has 2 amide bonds. The largest absolute Gasteiger partial charge is 0.346 e. The summed E-state index contributed by atoms with van der Waals surface area (Å²) in [5.41, 5.74) is 2.10. The van der Waals surface area contributed by atoms with Crippen LogP contribution < -0.4 is 5.32 Å². The van der Waals surface area contributed by atoms with Crippen LogP contribution in [-0.4, -0.2) is 40.3 Å². The first-order valence-electron chi connectivity index (χ1n) is 10.8. The fraction of sp³-hybridized carbons (Fsp3) is 0.280. The number of rotatable bonds is 4. The predicted molar refractivity (Wildman–Crippen MR) is 117 cm³/mol. The van der Waals surface area contributed by atoms with E-state index in [-0.39, 0.29) is 36.2 Å². The molecular formula is C25H22F2N4O2. The van der Waals surface area contributed by atoms with E-state index < -0.39 is 17.0 Å². The zero-order valence-corrected chi connectivity index (χ0v) is 18.3. The molecule has 1 unspecified atom stereocenters. The maximum Gasteiger partial charge on any atom is 0.255 e. The van der Waals surface area contributed by atoms with E-state index in [1.807, 2.05) is 31.2 Å². The SMILES string of the molecule is CN1CCC(C)(c2ccc(Cc3nc(-c4c(F)cccc4F)nc4c3C(=O)NC4)cc2)C1=O. The van der Waals surface area contributed by atoms with Gasteiger partial charge in [0.1, 0.15) is 11.6 Å². The summed E-state index contributed by atoms with van der Waals surface area (Å²) >= 11 is 0. The van der Waals surface area contributed by atoms with E-state index in [1.165, 1.54) is 6.07 Å². The minimum Gasteiger partial charge on any atom is -0.346 e. The number of halogens is 2. The lowest BCUT2D eigenvalue weighted by molar-refractivity contribution is -0.130. The quantitative estimate of drug-likeness (QED) is 0.664. The van der Waals surface area contributed by atoms with Gasteiger partial charge < -0.3 is 10.2 Å². The lowest BCUT2D eigenvalue weighted by Gasteiger charge is -2.22. The number of nitrogens with zero attached hydrogens (tertiary/aromatic N) is 3. The summed E-state index contributed by atoms with van der Waals surface area (Å²) < 4.78 is 28.8. The van der Waals surface area contributed by atoms with Crippen molar-refractivity contribution in [2.24, 2.45) is 0 Å². The first-order valence-corrected chi connectivity index (χ1v) is 10.8. The van der Waals surface area contributed by atoms with Crippen molar-refractivity contribution in [2.45, 2.75) is 31.7 Å². The molecule has 1 atom stereocenters. The summed E-state index contributed by atoms with van der Waals surface area (Å²) in [5.74, 6) is -1.81. The Morgan fingerprint density at radius 1 is 1.03 bits per heavy atom. The second kappa shape index (κ2) is 7.72. The molecule has 0 aliphatic carbocycles. The van der Waals surface area contributed by atoms with Crippen LogP contribution in [0.1, 0.15) is 46.2 Å². The number of likely N-dealkylation sites (tertiary alicyclic amines) is 1. The molecule has 0 spiro atoms. The van der Waals surface area contributed by atoms with Crippen molar-refractivity contribution in [2.75, 3.05) is 13.6 Å². The standard InChI is InChI=1S/C25H22F2N4O2/c1-25(10-11-31(2)24(25)33)15-8-6-14(7-9-15)12-18-21-19(13-28-23(21)32)30-22(29-18)20-16(26)4-3-5-17(20)27/h3-9H,10-13H2,1-2H3,(H,28,32). The van der Waals surface area contributed by atoms with Crippen LogP contribution in [0.4, 0.5) is 8.78 Å². The number of nitrogens with one attached hydrogen (secondary N) is 1. The first-order chi connectivity index (χ1) is 15.8. The highest BCUT2D eigenvalue weighted by molar-refractivity contribution is 5.99. The molecule has 2 aliphatic heterocycles. The third kappa shape index (κ3) is 3.46. The van der Waals surface area contributed by atoms with Crippen LogP contribution >= 0.6 is 0 Å². The van der Waals surface area contributed by atoms with Crippen LogP contribution in [0.15, 0.2) is 42.5 Å². The summed E-state index contributed by atoms with van der Waals surface area (Å²) in [6.07, 6.45) is 1.03. The highest BCUT2D eigenvalue weighted by Crippen LogP contribution is 2.35. The van der Waals surface area contributed by atoms with Gasteiger partial charge >= 0.3 is 0 Å². The van der Waals surface area contributed by atoms with Gasteiger partial charge in [-0.3, -0.25) is 9.59 Å². The highest BCUT2D eigenvalue weighted by atomic mass is 19.1. The molecule has 168 valence electrons. The summed E-state index contributed by atoms with van der Waals surface area (Å²) in [7, 11) is 1.80. The molecular weight excluding hydrogens is 426 g/mol. The van der Waals surface area contributed by atoms with Crippen molar-refractivity contribution in [3.8, 4) is 11.4 Å². The molecule has 2 aliphatic rings. The molecule has 0 saturated carbocycles. The summed E-state index contributed by atoms with van der Waals surface area (Å²) in [6, 6.07) is 11.2. The number of hydrogen-bond acceptors (Lipinski definition) is 4. The molecule has 1 aromatic heterocycles. The number of hydrogen-bond donors (Lipinski definition) is 1. The Balaban J connectivity index is 1.52. The van der Waals surface area contributed by atoms with Crippen LogP contribution in [0.2, 0.25) is 0 Å². The van der Waals surface area contributed by atoms with Gasteiger partial charge in [0.25, 0.3) is 5.91 Å². The number of fused-ring (bicyclic) bond motifs is 1. The van der Waals surface area contributed by atoms with E-state index in [0.717, 1.165) is 29.7 Å². The summed E-state index contributed by atoms with van der Waals surface area (Å²) in [6.45, 7) is 2.85. The fourth-order valence-electron chi connectivity index (χ4n) is 4.63. The molecule has 33 heavy (non-hydrogen) atoms. The van der Waals surface area contributed by atoms with Crippen LogP contribution in [-0.2, 0) is 23.2 Å². The maximum atomic E-state index is 14.4. The van der Waals surface area contributed by atoms with Crippen LogP contribution in [0.5, 0.6) is 0 Å². The molecule has 1 fully saturated rings. The molecule has 8 heteroatoms. The summed E-state index contributed by atoms with van der Waals surface area (Å²) in [5, 5.41) is 2.71. The normalized spacial score (nSPS) is 19.7. The molecule has 5 rings (SSSR count). The van der Waals surface area contributed by atoms with Gasteiger partial charge in [-0.25, -0.2) is 18.7 Å². The molecule has 0 radical (unpaired) electrons. The van der Waals surface area contributed by atoms with Crippen LogP contribution in [0, 0.1) is 11.6 Å². The van der Waals surface area contributed by atoms with Crippen LogP contribution in [0.3, 0.4) is 0 Å². The minimum absolute atomic E-state index is 0.0837. The van der Waals surface area contributed by atoms with E-state index in [1.54, 1.807) is 11.9 Å². The zero-order valence-electron chi connectivity index (χ0n) is 18.3. The van der Waals surface area contributed by atoms with Crippen molar-refractivity contribution >= 4 is 11.8 Å².